The Labute approximate surface area is 225 Å². The van der Waals surface area contributed by atoms with Gasteiger partial charge in [0.05, 0.1) is 5.37 Å². The summed E-state index contributed by atoms with van der Waals surface area (Å²) in [5, 5.41) is 23.5. The number of carboxylic acids is 1. The Morgan fingerprint density at radius 3 is 2.61 bits per heavy atom. The number of carbonyl (C=O) groups is 1. The zero-order valence-corrected chi connectivity index (χ0v) is 23.0. The smallest absolute Gasteiger partial charge is 0.320 e. The van der Waals surface area contributed by atoms with Crippen LogP contribution in [0.15, 0.2) is 77.4 Å². The lowest BCUT2D eigenvalue weighted by Crippen LogP contribution is -2.42. The molecule has 0 spiro atoms. The van der Waals surface area contributed by atoms with E-state index in [0.717, 1.165) is 42.3 Å². The van der Waals surface area contributed by atoms with Crippen molar-refractivity contribution in [2.75, 3.05) is 12.3 Å². The molecule has 0 heterocycles. The van der Waals surface area contributed by atoms with Crippen molar-refractivity contribution < 1.29 is 15.0 Å². The quantitative estimate of drug-likeness (QED) is 0.280. The van der Waals surface area contributed by atoms with E-state index < -0.39 is 18.2 Å². The van der Waals surface area contributed by atoms with Crippen LogP contribution in [0.3, 0.4) is 0 Å². The van der Waals surface area contributed by atoms with Crippen LogP contribution >= 0.6 is 23.4 Å². The number of thioether (sulfide) groups is 1. The maximum atomic E-state index is 11.1. The Bertz CT molecular complexity index is 978. The van der Waals surface area contributed by atoms with Crippen molar-refractivity contribution in [1.82, 2.24) is 10.2 Å². The van der Waals surface area contributed by atoms with E-state index in [1.807, 2.05) is 42.1 Å². The maximum Gasteiger partial charge on any atom is 0.320 e. The molecule has 196 valence electrons. The predicted molar refractivity (Wildman–Crippen MR) is 151 cm³/mol. The van der Waals surface area contributed by atoms with Gasteiger partial charge in [-0.3, -0.25) is 15.0 Å². The average molecular weight is 531 g/mol. The van der Waals surface area contributed by atoms with E-state index in [0.29, 0.717) is 23.1 Å². The lowest BCUT2D eigenvalue weighted by Gasteiger charge is -2.33. The molecule has 0 amide bonds. The normalized spacial score (nSPS) is 23.1. The number of aliphatic hydroxyl groups excluding tert-OH is 1. The van der Waals surface area contributed by atoms with Crippen LogP contribution < -0.4 is 5.32 Å². The molecule has 36 heavy (non-hydrogen) atoms. The minimum Gasteiger partial charge on any atom is -0.480 e. The molecule has 7 heteroatoms. The minimum atomic E-state index is -0.986. The Morgan fingerprint density at radius 2 is 1.97 bits per heavy atom. The molecule has 3 N–H and O–H groups in total. The molecule has 6 unspecified atom stereocenters. The van der Waals surface area contributed by atoms with Crippen LogP contribution in [-0.4, -0.2) is 51.0 Å². The molecule has 0 radical (unpaired) electrons. The van der Waals surface area contributed by atoms with Crippen LogP contribution in [0.2, 0.25) is 0 Å². The second kappa shape index (κ2) is 14.2. The van der Waals surface area contributed by atoms with Crippen molar-refractivity contribution in [2.24, 2.45) is 17.8 Å². The Morgan fingerprint density at radius 1 is 1.22 bits per heavy atom. The van der Waals surface area contributed by atoms with Crippen LogP contribution in [0, 0.1) is 17.8 Å². The number of allylic oxidation sites excluding steroid dienone is 5. The lowest BCUT2D eigenvalue weighted by molar-refractivity contribution is -0.139. The second-order valence-corrected chi connectivity index (χ2v) is 11.6. The van der Waals surface area contributed by atoms with E-state index in [4.69, 9.17) is 16.7 Å². The number of hydrogen-bond donors (Lipinski definition) is 3. The molecule has 5 nitrogen and oxygen atoms in total. The summed E-state index contributed by atoms with van der Waals surface area (Å²) in [5.74, 6) is 1.27. The summed E-state index contributed by atoms with van der Waals surface area (Å²) in [7, 11) is 0. The van der Waals surface area contributed by atoms with Crippen molar-refractivity contribution >= 4 is 29.3 Å². The van der Waals surface area contributed by atoms with Gasteiger partial charge in [-0.2, -0.15) is 0 Å². The first-order valence-corrected chi connectivity index (χ1v) is 14.1. The monoisotopic (exact) mass is 530 g/mol. The first-order chi connectivity index (χ1) is 17.2. The molecule has 1 aromatic rings. The predicted octanol–water partition coefficient (Wildman–Crippen LogP) is 5.79. The molecule has 0 aliphatic heterocycles. The molecule has 0 fully saturated rings. The van der Waals surface area contributed by atoms with Crippen molar-refractivity contribution in [3.05, 3.63) is 83.0 Å². The number of aliphatic carboxylic acids is 1. The van der Waals surface area contributed by atoms with Gasteiger partial charge in [0.15, 0.2) is 0 Å². The van der Waals surface area contributed by atoms with Crippen LogP contribution in [0.1, 0.15) is 39.2 Å². The summed E-state index contributed by atoms with van der Waals surface area (Å²) < 4.78 is 0. The summed E-state index contributed by atoms with van der Waals surface area (Å²) in [6, 6.07) is 9.74. The van der Waals surface area contributed by atoms with Crippen molar-refractivity contribution in [2.45, 2.75) is 57.8 Å². The molecular formula is C29H39ClN2O3S. The molecule has 0 saturated carbocycles. The van der Waals surface area contributed by atoms with Gasteiger partial charge in [-0.1, -0.05) is 79.2 Å². The third kappa shape index (κ3) is 8.63. The highest BCUT2D eigenvalue weighted by molar-refractivity contribution is 7.99. The summed E-state index contributed by atoms with van der Waals surface area (Å²) in [6.07, 6.45) is 13.2. The first-order valence-electron chi connectivity index (χ1n) is 12.7. The highest BCUT2D eigenvalue weighted by Crippen LogP contribution is 2.34. The van der Waals surface area contributed by atoms with Gasteiger partial charge in [0.25, 0.3) is 0 Å². The molecule has 2 aliphatic rings. The number of aliphatic hydroxyl groups is 1. The number of hydrogen-bond acceptors (Lipinski definition) is 5. The highest BCUT2D eigenvalue weighted by Gasteiger charge is 2.25. The molecule has 6 atom stereocenters. The van der Waals surface area contributed by atoms with Crippen LogP contribution in [0.25, 0.3) is 0 Å². The number of rotatable bonds is 13. The largest absolute Gasteiger partial charge is 0.480 e. The first kappa shape index (κ1) is 28.7. The third-order valence-electron chi connectivity index (χ3n) is 6.95. The van der Waals surface area contributed by atoms with E-state index >= 15 is 0 Å². The van der Waals surface area contributed by atoms with Crippen molar-refractivity contribution in [1.29, 1.82) is 0 Å². The van der Waals surface area contributed by atoms with E-state index in [-0.39, 0.29) is 0 Å². The zero-order valence-electron chi connectivity index (χ0n) is 21.4. The highest BCUT2D eigenvalue weighted by atomic mass is 35.5. The van der Waals surface area contributed by atoms with Gasteiger partial charge in [0, 0.05) is 24.0 Å². The fourth-order valence-electron chi connectivity index (χ4n) is 4.52. The molecule has 0 aromatic heterocycles. The van der Waals surface area contributed by atoms with Crippen LogP contribution in [0.4, 0.5) is 0 Å². The molecule has 3 rings (SSSR count). The summed E-state index contributed by atoms with van der Waals surface area (Å²) in [4.78, 5) is 13.6. The molecule has 0 saturated heterocycles. The molecule has 0 bridgehead atoms. The van der Waals surface area contributed by atoms with Crippen LogP contribution in [0.5, 0.6) is 0 Å². The lowest BCUT2D eigenvalue weighted by atomic mass is 9.89. The van der Waals surface area contributed by atoms with Crippen molar-refractivity contribution in [3.8, 4) is 0 Å². The van der Waals surface area contributed by atoms with E-state index in [1.54, 1.807) is 0 Å². The van der Waals surface area contributed by atoms with Crippen molar-refractivity contribution in [3.63, 3.8) is 0 Å². The molecular weight excluding hydrogens is 492 g/mol. The van der Waals surface area contributed by atoms with Gasteiger partial charge in [-0.15, -0.1) is 11.8 Å². The van der Waals surface area contributed by atoms with Crippen LogP contribution in [-0.2, 0) is 11.3 Å². The third-order valence-corrected chi connectivity index (χ3v) is 8.85. The molecule has 2 aliphatic carbocycles. The fraction of sp³-hybridized carbons (Fsp3) is 0.483. The standard InChI is InChI=1S/C29H39ClN2O3S/c1-20(26-11-7-8-12-27(26)30)19-36-22(3)32(17-23-9-5-4-6-10-23)18-24-13-15-25(16-14-24)28(33)31-21(2)29(34)35/h4-10,12-13,15-16,20-22,24,26,28,31,33H,11,14,17-19H2,1-3H3,(H,34,35). The fourth-order valence-corrected chi connectivity index (χ4v) is 6.09. The topological polar surface area (TPSA) is 72.8 Å². The van der Waals surface area contributed by atoms with E-state index in [1.165, 1.54) is 12.5 Å². The number of benzene rings is 1. The number of halogens is 1. The van der Waals surface area contributed by atoms with Gasteiger partial charge < -0.3 is 10.2 Å². The number of nitrogens with zero attached hydrogens (tertiary/aromatic N) is 1. The number of carboxylic acid groups (broad SMARTS) is 1. The SMILES string of the molecule is CC(NC(O)C1=CCC(CN(Cc2ccccc2)C(C)SCC(C)C2CC=CC=C2Cl)C=C1)C(=O)O. The number of nitrogens with one attached hydrogen (secondary N) is 1. The summed E-state index contributed by atoms with van der Waals surface area (Å²) in [6.45, 7) is 7.88. The van der Waals surface area contributed by atoms with Gasteiger partial charge in [0.1, 0.15) is 12.3 Å². The Balaban J connectivity index is 1.59. The average Bonchev–Trinajstić information content (AvgIpc) is 2.87. The Kier molecular flexibility index (Phi) is 11.3. The summed E-state index contributed by atoms with van der Waals surface area (Å²) in [5.41, 5.74) is 2.01. The molecule has 1 aromatic carbocycles. The van der Waals surface area contributed by atoms with Gasteiger partial charge in [-0.05, 0) is 61.5 Å². The summed E-state index contributed by atoms with van der Waals surface area (Å²) >= 11 is 8.48. The van der Waals surface area contributed by atoms with Gasteiger partial charge >= 0.3 is 5.97 Å². The van der Waals surface area contributed by atoms with Gasteiger partial charge in [-0.25, -0.2) is 0 Å². The minimum absolute atomic E-state index is 0.322. The second-order valence-electron chi connectivity index (χ2n) is 9.84. The van der Waals surface area contributed by atoms with E-state index in [9.17, 15) is 9.90 Å². The Hall–Kier alpha value is -1.83. The zero-order chi connectivity index (χ0) is 26.1. The van der Waals surface area contributed by atoms with Gasteiger partial charge in [0.2, 0.25) is 0 Å². The van der Waals surface area contributed by atoms with E-state index in [2.05, 4.69) is 60.5 Å². The maximum absolute atomic E-state index is 11.1.